The molecule has 0 aliphatic rings. The van der Waals surface area contributed by atoms with E-state index >= 15 is 0 Å². The van der Waals surface area contributed by atoms with Gasteiger partial charge in [0.2, 0.25) is 0 Å². The summed E-state index contributed by atoms with van der Waals surface area (Å²) >= 11 is 24.1. The number of aromatic nitrogens is 1. The Morgan fingerprint density at radius 3 is 2.00 bits per heavy atom. The summed E-state index contributed by atoms with van der Waals surface area (Å²) in [5.41, 5.74) is 2.34. The molecule has 0 amide bonds. The summed E-state index contributed by atoms with van der Waals surface area (Å²) in [5.74, 6) is 0. The number of hydrogen-bond acceptors (Lipinski definition) is 1. The highest BCUT2D eigenvalue weighted by atomic mass is 35.5. The first-order valence-corrected chi connectivity index (χ1v) is 6.27. The minimum absolute atomic E-state index is 0.405. The van der Waals surface area contributed by atoms with Crippen LogP contribution in [0.1, 0.15) is 5.69 Å². The summed E-state index contributed by atoms with van der Waals surface area (Å²) in [6, 6.07) is 6.88. The number of rotatable bonds is 1. The second-order valence-electron chi connectivity index (χ2n) is 3.56. The molecule has 2 rings (SSSR count). The Morgan fingerprint density at radius 2 is 1.47 bits per heavy atom. The van der Waals surface area contributed by atoms with E-state index in [1.165, 1.54) is 0 Å². The van der Waals surface area contributed by atoms with E-state index in [0.717, 1.165) is 11.3 Å². The number of halogens is 4. The first kappa shape index (κ1) is 13.0. The third kappa shape index (κ3) is 2.86. The normalized spacial score (nSPS) is 10.6. The van der Waals surface area contributed by atoms with Crippen LogP contribution in [0.3, 0.4) is 0 Å². The second kappa shape index (κ2) is 5.03. The van der Waals surface area contributed by atoms with Crippen LogP contribution in [0, 0.1) is 6.92 Å². The van der Waals surface area contributed by atoms with Gasteiger partial charge in [-0.3, -0.25) is 0 Å². The van der Waals surface area contributed by atoms with Crippen LogP contribution in [-0.4, -0.2) is 4.98 Å². The van der Waals surface area contributed by atoms with Crippen LogP contribution in [0.15, 0.2) is 24.3 Å². The number of benzene rings is 1. The predicted molar refractivity (Wildman–Crippen MR) is 74.5 cm³/mol. The van der Waals surface area contributed by atoms with Gasteiger partial charge in [0.25, 0.3) is 0 Å². The van der Waals surface area contributed by atoms with Crippen molar-refractivity contribution in [2.75, 3.05) is 0 Å². The highest BCUT2D eigenvalue weighted by Crippen LogP contribution is 2.37. The molecule has 0 radical (unpaired) electrons. The quantitative estimate of drug-likeness (QED) is 0.618. The zero-order chi connectivity index (χ0) is 12.6. The largest absolute Gasteiger partial charge is 0.241 e. The van der Waals surface area contributed by atoms with Crippen LogP contribution in [0.5, 0.6) is 0 Å². The Bertz CT molecular complexity index is 537. The highest BCUT2D eigenvalue weighted by molar-refractivity contribution is 6.42. The summed E-state index contributed by atoms with van der Waals surface area (Å²) in [6.45, 7) is 1.85. The molecule has 0 fully saturated rings. The Morgan fingerprint density at radius 1 is 0.882 bits per heavy atom. The van der Waals surface area contributed by atoms with Gasteiger partial charge in [-0.15, -0.1) is 0 Å². The monoisotopic (exact) mass is 305 g/mol. The molecule has 0 atom stereocenters. The van der Waals surface area contributed by atoms with Crippen molar-refractivity contribution in [1.29, 1.82) is 0 Å². The molecule has 17 heavy (non-hydrogen) atoms. The van der Waals surface area contributed by atoms with Gasteiger partial charge in [0.05, 0.1) is 10.0 Å². The van der Waals surface area contributed by atoms with Gasteiger partial charge in [0, 0.05) is 16.3 Å². The molecule has 1 heterocycles. The lowest BCUT2D eigenvalue weighted by atomic mass is 10.1. The Hall–Kier alpha value is -0.470. The van der Waals surface area contributed by atoms with Crippen molar-refractivity contribution < 1.29 is 0 Å². The number of pyridine rings is 1. The zero-order valence-corrected chi connectivity index (χ0v) is 11.8. The van der Waals surface area contributed by atoms with Gasteiger partial charge in [-0.1, -0.05) is 46.4 Å². The van der Waals surface area contributed by atoms with Crippen molar-refractivity contribution in [3.8, 4) is 11.1 Å². The van der Waals surface area contributed by atoms with Crippen LogP contribution in [0.25, 0.3) is 11.1 Å². The van der Waals surface area contributed by atoms with Gasteiger partial charge in [-0.05, 0) is 36.8 Å². The molecule has 0 unspecified atom stereocenters. The predicted octanol–water partition coefficient (Wildman–Crippen LogP) is 5.67. The molecule has 1 nitrogen and oxygen atoms in total. The average molecular weight is 307 g/mol. The van der Waals surface area contributed by atoms with Crippen molar-refractivity contribution in [2.45, 2.75) is 6.92 Å². The Labute approximate surface area is 119 Å². The molecule has 0 aliphatic heterocycles. The summed E-state index contributed by atoms with van der Waals surface area (Å²) in [7, 11) is 0. The lowest BCUT2D eigenvalue weighted by Crippen LogP contribution is -1.87. The third-order valence-corrected chi connectivity index (χ3v) is 3.23. The molecule has 5 heteroatoms. The van der Waals surface area contributed by atoms with Gasteiger partial charge in [0.15, 0.2) is 0 Å². The maximum absolute atomic E-state index is 6.14. The van der Waals surface area contributed by atoms with E-state index in [0.29, 0.717) is 25.8 Å². The Kier molecular flexibility index (Phi) is 3.84. The lowest BCUT2D eigenvalue weighted by Gasteiger charge is -2.09. The van der Waals surface area contributed by atoms with E-state index in [2.05, 4.69) is 4.98 Å². The number of hydrogen-bond donors (Lipinski definition) is 0. The number of nitrogens with zero attached hydrogens (tertiary/aromatic N) is 1. The van der Waals surface area contributed by atoms with E-state index < -0.39 is 0 Å². The smallest absolute Gasteiger partial charge is 0.129 e. The summed E-state index contributed by atoms with van der Waals surface area (Å²) < 4.78 is 0. The minimum atomic E-state index is 0.405. The van der Waals surface area contributed by atoms with Crippen molar-refractivity contribution in [3.63, 3.8) is 0 Å². The molecule has 0 N–H and O–H groups in total. The summed E-state index contributed by atoms with van der Waals surface area (Å²) in [4.78, 5) is 4.09. The fraction of sp³-hybridized carbons (Fsp3) is 0.0833. The first-order chi connectivity index (χ1) is 7.97. The van der Waals surface area contributed by atoms with Crippen LogP contribution in [-0.2, 0) is 0 Å². The molecule has 1 aromatic carbocycles. The van der Waals surface area contributed by atoms with Crippen LogP contribution >= 0.6 is 46.4 Å². The Balaban J connectivity index is 2.68. The fourth-order valence-corrected chi connectivity index (χ4v) is 2.88. The van der Waals surface area contributed by atoms with Gasteiger partial charge in [-0.2, -0.15) is 0 Å². The fourth-order valence-electron chi connectivity index (χ4n) is 1.59. The SMILES string of the molecule is Cc1cc(-c2c(Cl)cc(Cl)cc2Cl)cc(Cl)n1. The van der Waals surface area contributed by atoms with Gasteiger partial charge in [-0.25, -0.2) is 4.98 Å². The van der Waals surface area contributed by atoms with Gasteiger partial charge in [0.1, 0.15) is 5.15 Å². The standard InChI is InChI=1S/C12H7Cl4N/c1-6-2-7(3-11(16)17-6)12-9(14)4-8(13)5-10(12)15/h2-5H,1H3. The highest BCUT2D eigenvalue weighted by Gasteiger charge is 2.11. The molecule has 88 valence electrons. The lowest BCUT2D eigenvalue weighted by molar-refractivity contribution is 1.20. The molecular formula is C12H7Cl4N. The third-order valence-electron chi connectivity index (χ3n) is 2.22. The van der Waals surface area contributed by atoms with E-state index in [-0.39, 0.29) is 0 Å². The van der Waals surface area contributed by atoms with Crippen LogP contribution in [0.2, 0.25) is 20.2 Å². The van der Waals surface area contributed by atoms with Crippen molar-refractivity contribution in [1.82, 2.24) is 4.98 Å². The van der Waals surface area contributed by atoms with Crippen LogP contribution in [0.4, 0.5) is 0 Å². The van der Waals surface area contributed by atoms with E-state index in [9.17, 15) is 0 Å². The number of aryl methyl sites for hydroxylation is 1. The van der Waals surface area contributed by atoms with Crippen molar-refractivity contribution in [2.24, 2.45) is 0 Å². The summed E-state index contributed by atoms with van der Waals surface area (Å²) in [5, 5.41) is 1.89. The van der Waals surface area contributed by atoms with Crippen LogP contribution < -0.4 is 0 Å². The van der Waals surface area contributed by atoms with Gasteiger partial charge >= 0.3 is 0 Å². The molecule has 0 bridgehead atoms. The second-order valence-corrected chi connectivity index (χ2v) is 5.20. The van der Waals surface area contributed by atoms with Crippen molar-refractivity contribution >= 4 is 46.4 Å². The molecule has 1 aromatic heterocycles. The maximum atomic E-state index is 6.14. The molecule has 0 saturated carbocycles. The van der Waals surface area contributed by atoms with E-state index in [4.69, 9.17) is 46.4 Å². The van der Waals surface area contributed by atoms with Crippen molar-refractivity contribution in [3.05, 3.63) is 50.2 Å². The molecule has 0 spiro atoms. The maximum Gasteiger partial charge on any atom is 0.129 e. The molecule has 2 aromatic rings. The van der Waals surface area contributed by atoms with E-state index in [1.807, 2.05) is 13.0 Å². The minimum Gasteiger partial charge on any atom is -0.241 e. The zero-order valence-electron chi connectivity index (χ0n) is 8.77. The first-order valence-electron chi connectivity index (χ1n) is 4.76. The summed E-state index contributed by atoms with van der Waals surface area (Å²) in [6.07, 6.45) is 0. The topological polar surface area (TPSA) is 12.9 Å². The average Bonchev–Trinajstić information content (AvgIpc) is 2.13. The molecular weight excluding hydrogens is 300 g/mol. The van der Waals surface area contributed by atoms with E-state index in [1.54, 1.807) is 18.2 Å². The molecule has 0 aliphatic carbocycles. The molecule has 0 saturated heterocycles. The van der Waals surface area contributed by atoms with Gasteiger partial charge < -0.3 is 0 Å².